The van der Waals surface area contributed by atoms with Gasteiger partial charge in [0.2, 0.25) is 0 Å². The summed E-state index contributed by atoms with van der Waals surface area (Å²) in [5.41, 5.74) is -0.357. The monoisotopic (exact) mass is 510 g/mol. The van der Waals surface area contributed by atoms with Crippen LogP contribution >= 0.6 is 0 Å². The molecule has 2 aliphatic heterocycles. The van der Waals surface area contributed by atoms with Crippen molar-refractivity contribution in [3.63, 3.8) is 0 Å². The summed E-state index contributed by atoms with van der Waals surface area (Å²) in [6, 6.07) is 4.91. The highest BCUT2D eigenvalue weighted by molar-refractivity contribution is 7.89. The van der Waals surface area contributed by atoms with Crippen LogP contribution in [0, 0.1) is 11.6 Å². The van der Waals surface area contributed by atoms with Crippen LogP contribution in [-0.2, 0) is 24.4 Å². The van der Waals surface area contributed by atoms with E-state index in [4.69, 9.17) is 9.57 Å². The van der Waals surface area contributed by atoms with Crippen molar-refractivity contribution >= 4 is 33.3 Å². The number of ketones is 1. The third-order valence-electron chi connectivity index (χ3n) is 5.67. The molecule has 2 aromatic rings. The summed E-state index contributed by atoms with van der Waals surface area (Å²) in [7, 11) is -4.00. The van der Waals surface area contributed by atoms with Gasteiger partial charge in [-0.1, -0.05) is 4.47 Å². The second kappa shape index (κ2) is 10.2. The van der Waals surface area contributed by atoms with Crippen LogP contribution in [-0.4, -0.2) is 68.6 Å². The van der Waals surface area contributed by atoms with Gasteiger partial charge in [-0.15, -0.1) is 0 Å². The minimum absolute atomic E-state index is 0.00840. The van der Waals surface area contributed by atoms with Crippen LogP contribution in [0.3, 0.4) is 0 Å². The van der Waals surface area contributed by atoms with Crippen LogP contribution in [0.25, 0.3) is 0 Å². The minimum atomic E-state index is -4.00. The van der Waals surface area contributed by atoms with E-state index in [0.29, 0.717) is 6.42 Å². The molecule has 13 heteroatoms. The van der Waals surface area contributed by atoms with Crippen molar-refractivity contribution in [2.24, 2.45) is 0 Å². The van der Waals surface area contributed by atoms with E-state index in [9.17, 15) is 18.0 Å². The molecule has 2 fully saturated rings. The van der Waals surface area contributed by atoms with Gasteiger partial charge in [-0.05, 0) is 25.5 Å². The van der Waals surface area contributed by atoms with Gasteiger partial charge < -0.3 is 14.4 Å². The Morgan fingerprint density at radius 2 is 1.94 bits per heavy atom. The van der Waals surface area contributed by atoms with E-state index in [1.165, 1.54) is 36.4 Å². The van der Waals surface area contributed by atoms with Gasteiger partial charge >= 0.3 is 6.09 Å². The number of cyclic esters (lactones) is 1. The molecule has 0 N–H and O–H groups in total. The standard InChI is InChI=1S/C22H24F2N4O6S/c1-15(29)4-5-17-14-27(22(30)34-17)16-11-19(23)21(20(24)12-16)26-7-8-28(33-10-9-26)35(31,32)18-3-2-6-25-13-18/h2-3,6,11-13,17H,4-5,7-10,14H2,1H3/t17-/m0/s1. The Morgan fingerprint density at radius 1 is 1.20 bits per heavy atom. The topological polar surface area (TPSA) is 109 Å². The number of Topliss-reactive ketones (excluding diaryl/α,β-unsaturated/α-hetero) is 1. The Hall–Kier alpha value is -3.16. The molecule has 4 rings (SSSR count). The number of carbonyl (C=O) groups is 2. The first-order valence-corrected chi connectivity index (χ1v) is 12.4. The van der Waals surface area contributed by atoms with Crippen molar-refractivity contribution in [2.45, 2.75) is 30.8 Å². The number of amides is 1. The summed E-state index contributed by atoms with van der Waals surface area (Å²) in [6.07, 6.45) is 1.89. The Kier molecular flexibility index (Phi) is 7.28. The average molecular weight is 511 g/mol. The second-order valence-corrected chi connectivity index (χ2v) is 9.98. The first-order valence-electron chi connectivity index (χ1n) is 10.9. The number of rotatable bonds is 7. The van der Waals surface area contributed by atoms with E-state index in [-0.39, 0.29) is 61.3 Å². The van der Waals surface area contributed by atoms with Crippen molar-refractivity contribution in [1.82, 2.24) is 9.45 Å². The summed E-state index contributed by atoms with van der Waals surface area (Å²) in [6.45, 7) is 1.20. The third-order valence-corrected chi connectivity index (χ3v) is 7.33. The Bertz CT molecular complexity index is 1190. The summed E-state index contributed by atoms with van der Waals surface area (Å²) in [4.78, 5) is 35.0. The average Bonchev–Trinajstić information content (AvgIpc) is 3.02. The van der Waals surface area contributed by atoms with Gasteiger partial charge in [-0.25, -0.2) is 22.0 Å². The number of anilines is 2. The van der Waals surface area contributed by atoms with E-state index in [0.717, 1.165) is 21.5 Å². The lowest BCUT2D eigenvalue weighted by Crippen LogP contribution is -2.35. The van der Waals surface area contributed by atoms with Gasteiger partial charge in [0.15, 0.2) is 11.6 Å². The fraction of sp³-hybridized carbons (Fsp3) is 0.409. The molecule has 1 amide bonds. The highest BCUT2D eigenvalue weighted by Crippen LogP contribution is 2.32. The Morgan fingerprint density at radius 3 is 2.60 bits per heavy atom. The number of pyridine rings is 1. The van der Waals surface area contributed by atoms with E-state index in [2.05, 4.69) is 4.98 Å². The van der Waals surface area contributed by atoms with Crippen molar-refractivity contribution in [1.29, 1.82) is 0 Å². The lowest BCUT2D eigenvalue weighted by molar-refractivity contribution is -0.117. The van der Waals surface area contributed by atoms with Crippen molar-refractivity contribution in [2.75, 3.05) is 42.6 Å². The molecule has 0 spiro atoms. The Balaban J connectivity index is 1.48. The van der Waals surface area contributed by atoms with Crippen LogP contribution < -0.4 is 9.80 Å². The van der Waals surface area contributed by atoms with Gasteiger partial charge in [0.1, 0.15) is 22.5 Å². The number of halogens is 2. The highest BCUT2D eigenvalue weighted by Gasteiger charge is 2.34. The van der Waals surface area contributed by atoms with Crippen molar-refractivity contribution in [3.05, 3.63) is 48.3 Å². The largest absolute Gasteiger partial charge is 0.444 e. The van der Waals surface area contributed by atoms with Crippen LogP contribution in [0.15, 0.2) is 41.6 Å². The predicted molar refractivity (Wildman–Crippen MR) is 120 cm³/mol. The molecule has 1 aromatic carbocycles. The van der Waals surface area contributed by atoms with Crippen LogP contribution in [0.5, 0.6) is 0 Å². The molecule has 10 nitrogen and oxygen atoms in total. The molecule has 2 saturated heterocycles. The van der Waals surface area contributed by atoms with Gasteiger partial charge in [0.25, 0.3) is 10.0 Å². The third kappa shape index (κ3) is 5.41. The Labute approximate surface area is 201 Å². The summed E-state index contributed by atoms with van der Waals surface area (Å²) in [5.74, 6) is -1.87. The van der Waals surface area contributed by atoms with E-state index >= 15 is 8.78 Å². The normalized spacial score (nSPS) is 19.5. The highest BCUT2D eigenvalue weighted by atomic mass is 32.2. The lowest BCUT2D eigenvalue weighted by atomic mass is 10.1. The van der Waals surface area contributed by atoms with Crippen LogP contribution in [0.1, 0.15) is 19.8 Å². The van der Waals surface area contributed by atoms with Crippen LogP contribution in [0.2, 0.25) is 0 Å². The van der Waals surface area contributed by atoms with Gasteiger partial charge in [-0.2, -0.15) is 0 Å². The van der Waals surface area contributed by atoms with E-state index in [1.54, 1.807) is 0 Å². The molecule has 3 heterocycles. The molecular formula is C22H24F2N4O6S. The first kappa shape index (κ1) is 24.9. The second-order valence-electron chi connectivity index (χ2n) is 8.16. The zero-order valence-corrected chi connectivity index (χ0v) is 19.7. The van der Waals surface area contributed by atoms with E-state index in [1.807, 2.05) is 0 Å². The quantitative estimate of drug-likeness (QED) is 0.559. The molecule has 188 valence electrons. The number of aromatic nitrogens is 1. The zero-order chi connectivity index (χ0) is 25.2. The van der Waals surface area contributed by atoms with Crippen molar-refractivity contribution in [3.8, 4) is 0 Å². The first-order chi connectivity index (χ1) is 16.7. The summed E-state index contributed by atoms with van der Waals surface area (Å²) >= 11 is 0. The summed E-state index contributed by atoms with van der Waals surface area (Å²) < 4.78 is 61.7. The number of ether oxygens (including phenoxy) is 1. The lowest BCUT2D eigenvalue weighted by Gasteiger charge is -2.24. The summed E-state index contributed by atoms with van der Waals surface area (Å²) in [5, 5.41) is 0. The fourth-order valence-corrected chi connectivity index (χ4v) is 5.13. The number of nitrogens with zero attached hydrogens (tertiary/aromatic N) is 4. The maximum Gasteiger partial charge on any atom is 0.414 e. The van der Waals surface area contributed by atoms with Crippen molar-refractivity contribution < 1.29 is 36.4 Å². The molecule has 0 radical (unpaired) electrons. The van der Waals surface area contributed by atoms with Gasteiger partial charge in [0, 0.05) is 44.0 Å². The molecule has 0 saturated carbocycles. The maximum atomic E-state index is 15.1. The number of carbonyl (C=O) groups excluding carboxylic acids is 2. The SMILES string of the molecule is CC(=O)CC[C@H]1CN(c2cc(F)c(N3CCON(S(=O)(=O)c4cccnc4)CC3)c(F)c2)C(=O)O1. The van der Waals surface area contributed by atoms with Gasteiger partial charge in [-0.3, -0.25) is 14.7 Å². The molecule has 1 atom stereocenters. The van der Waals surface area contributed by atoms with Gasteiger partial charge in [0.05, 0.1) is 25.4 Å². The number of hydroxylamine groups is 1. The number of benzene rings is 1. The predicted octanol–water partition coefficient (Wildman–Crippen LogP) is 2.50. The maximum absolute atomic E-state index is 15.1. The zero-order valence-electron chi connectivity index (χ0n) is 18.9. The fourth-order valence-electron chi connectivity index (χ4n) is 3.92. The number of hydrogen-bond acceptors (Lipinski definition) is 8. The molecular weight excluding hydrogens is 486 g/mol. The molecule has 2 aliphatic rings. The van der Waals surface area contributed by atoms with Crippen LogP contribution in [0.4, 0.5) is 25.0 Å². The van der Waals surface area contributed by atoms with E-state index < -0.39 is 33.9 Å². The molecule has 1 aromatic heterocycles. The molecule has 0 bridgehead atoms. The smallest absolute Gasteiger partial charge is 0.414 e. The molecule has 0 unspecified atom stereocenters. The number of sulfonamides is 1. The number of hydrogen-bond donors (Lipinski definition) is 0. The molecule has 35 heavy (non-hydrogen) atoms. The molecule has 0 aliphatic carbocycles. The minimum Gasteiger partial charge on any atom is -0.444 e.